The van der Waals surface area contributed by atoms with Gasteiger partial charge in [0.1, 0.15) is 5.78 Å². The van der Waals surface area contributed by atoms with Crippen LogP contribution in [-0.4, -0.2) is 10.8 Å². The Hall–Kier alpha value is -2.46. The van der Waals surface area contributed by atoms with Crippen molar-refractivity contribution in [2.45, 2.75) is 39.7 Å². The van der Waals surface area contributed by atoms with Gasteiger partial charge in [-0.25, -0.2) is 0 Å². The van der Waals surface area contributed by atoms with Crippen LogP contribution in [0.3, 0.4) is 0 Å². The molecule has 136 valence electrons. The maximum Gasteiger partial charge on any atom is 0.132 e. The van der Waals surface area contributed by atoms with Gasteiger partial charge in [0.25, 0.3) is 0 Å². The van der Waals surface area contributed by atoms with E-state index >= 15 is 0 Å². The molecule has 3 rings (SSSR count). The zero-order valence-electron chi connectivity index (χ0n) is 15.7. The molecular formula is C22H26N2OS. The molecule has 3 aromatic rings. The number of benzene rings is 1. The molecule has 0 aliphatic heterocycles. The van der Waals surface area contributed by atoms with Gasteiger partial charge in [-0.2, -0.15) is 0 Å². The lowest BCUT2D eigenvalue weighted by Crippen LogP contribution is -2.21. The van der Waals surface area contributed by atoms with Crippen LogP contribution in [0.1, 0.15) is 44.4 Å². The number of pyridine rings is 1. The maximum absolute atomic E-state index is 11.4. The summed E-state index contributed by atoms with van der Waals surface area (Å²) < 4.78 is 1.27. The van der Waals surface area contributed by atoms with Gasteiger partial charge in [0.15, 0.2) is 0 Å². The number of hydrogen-bond donors (Lipinski definition) is 1. The van der Waals surface area contributed by atoms with Crippen molar-refractivity contribution in [3.63, 3.8) is 0 Å². The molecule has 0 aliphatic carbocycles. The van der Waals surface area contributed by atoms with Gasteiger partial charge in [0, 0.05) is 29.2 Å². The Morgan fingerprint density at radius 3 is 2.50 bits per heavy atom. The highest BCUT2D eigenvalue weighted by Crippen LogP contribution is 2.26. The first-order chi connectivity index (χ1) is 12.5. The number of nitrogens with one attached hydrogen (secondary N) is 1. The number of nitrogens with zero attached hydrogens (tertiary/aromatic N) is 1. The minimum atomic E-state index is 0.0179. The van der Waals surface area contributed by atoms with Crippen LogP contribution in [0.5, 0.6) is 0 Å². The summed E-state index contributed by atoms with van der Waals surface area (Å²) in [6.45, 7) is 9.53. The minimum absolute atomic E-state index is 0.0179. The zero-order chi connectivity index (χ0) is 18.9. The van der Waals surface area contributed by atoms with E-state index in [0.29, 0.717) is 6.42 Å². The summed E-state index contributed by atoms with van der Waals surface area (Å²) in [4.78, 5) is 15.2. The van der Waals surface area contributed by atoms with Gasteiger partial charge in [-0.3, -0.25) is 9.78 Å². The maximum atomic E-state index is 11.4. The van der Waals surface area contributed by atoms with Crippen molar-refractivity contribution >= 4 is 27.2 Å². The topological polar surface area (TPSA) is 42.0 Å². The first-order valence-corrected chi connectivity index (χ1v) is 9.65. The average Bonchev–Trinajstić information content (AvgIpc) is 3.09. The van der Waals surface area contributed by atoms with Crippen LogP contribution in [0.4, 0.5) is 0 Å². The van der Waals surface area contributed by atoms with Gasteiger partial charge >= 0.3 is 0 Å². The largest absolute Gasteiger partial charge is 0.382 e. The monoisotopic (exact) mass is 366 g/mol. The molecule has 0 saturated carbocycles. The number of carbonyl (C=O) groups excluding carboxylic acids is 1. The van der Waals surface area contributed by atoms with E-state index in [0.717, 1.165) is 17.7 Å². The van der Waals surface area contributed by atoms with Crippen LogP contribution in [0, 0.1) is 0 Å². The summed E-state index contributed by atoms with van der Waals surface area (Å²) in [5.74, 6) is 0.180. The van der Waals surface area contributed by atoms with E-state index < -0.39 is 0 Å². The van der Waals surface area contributed by atoms with Crippen LogP contribution in [-0.2, 0) is 11.2 Å². The Bertz CT molecular complexity index is 839. The molecule has 2 heterocycles. The number of fused-ring (bicyclic) bond motifs is 1. The van der Waals surface area contributed by atoms with Gasteiger partial charge in [-0.15, -0.1) is 11.3 Å². The fourth-order valence-corrected chi connectivity index (χ4v) is 3.43. The van der Waals surface area contributed by atoms with Crippen molar-refractivity contribution in [2.75, 3.05) is 0 Å². The number of carbonyl (C=O) groups is 1. The summed E-state index contributed by atoms with van der Waals surface area (Å²) in [6.07, 6.45) is 5.22. The Morgan fingerprint density at radius 1 is 1.19 bits per heavy atom. The molecule has 0 bridgehead atoms. The van der Waals surface area contributed by atoms with E-state index in [9.17, 15) is 4.79 Å². The second kappa shape index (κ2) is 9.88. The SMILES string of the molecule is C=C(C)NC(CC(C)=O)c1ccc2sccc2c1.CCc1ccncc1. The first kappa shape index (κ1) is 19.9. The molecule has 0 spiro atoms. The summed E-state index contributed by atoms with van der Waals surface area (Å²) in [7, 11) is 0. The Labute approximate surface area is 159 Å². The first-order valence-electron chi connectivity index (χ1n) is 8.77. The molecule has 1 aromatic carbocycles. The molecule has 0 radical (unpaired) electrons. The Morgan fingerprint density at radius 2 is 1.92 bits per heavy atom. The van der Waals surface area contributed by atoms with E-state index in [1.165, 1.54) is 15.6 Å². The minimum Gasteiger partial charge on any atom is -0.382 e. The molecule has 0 fully saturated rings. The van der Waals surface area contributed by atoms with Crippen LogP contribution in [0.25, 0.3) is 10.1 Å². The summed E-state index contributed by atoms with van der Waals surface area (Å²) >= 11 is 1.73. The van der Waals surface area contributed by atoms with Crippen molar-refractivity contribution < 1.29 is 4.79 Å². The number of aryl methyl sites for hydroxylation is 1. The number of thiophene rings is 1. The number of rotatable bonds is 6. The fraction of sp³-hybridized carbons (Fsp3) is 0.273. The molecule has 0 amide bonds. The average molecular weight is 367 g/mol. The van der Waals surface area contributed by atoms with Gasteiger partial charge in [-0.1, -0.05) is 19.6 Å². The van der Waals surface area contributed by atoms with Gasteiger partial charge in [0.05, 0.1) is 6.04 Å². The standard InChI is InChI=1S/C15H17NOS.C7H9N/c1-10(2)16-14(8-11(3)17)12-4-5-15-13(9-12)6-7-18-15;1-2-7-3-5-8-6-4-7/h4-7,9,14,16H,1,8H2,2-3H3;3-6H,2H2,1H3. The second-order valence-corrected chi connectivity index (χ2v) is 7.26. The van der Waals surface area contributed by atoms with Crippen LogP contribution < -0.4 is 5.32 Å². The highest BCUT2D eigenvalue weighted by Gasteiger charge is 2.14. The molecular weight excluding hydrogens is 340 g/mol. The quantitative estimate of drug-likeness (QED) is 0.609. The van der Waals surface area contributed by atoms with Gasteiger partial charge in [-0.05, 0) is 72.5 Å². The van der Waals surface area contributed by atoms with Gasteiger partial charge in [0.2, 0.25) is 0 Å². The third-order valence-corrected chi connectivity index (χ3v) is 4.85. The van der Waals surface area contributed by atoms with Crippen molar-refractivity contribution in [3.8, 4) is 0 Å². The van der Waals surface area contributed by atoms with Crippen molar-refractivity contribution in [2.24, 2.45) is 0 Å². The van der Waals surface area contributed by atoms with E-state index in [-0.39, 0.29) is 11.8 Å². The lowest BCUT2D eigenvalue weighted by Gasteiger charge is -2.19. The number of Topliss-reactive ketones (excluding diaryl/α,β-unsaturated/α-hetero) is 1. The van der Waals surface area contributed by atoms with Crippen LogP contribution >= 0.6 is 11.3 Å². The van der Waals surface area contributed by atoms with Gasteiger partial charge < -0.3 is 5.32 Å². The lowest BCUT2D eigenvalue weighted by molar-refractivity contribution is -0.117. The third-order valence-electron chi connectivity index (χ3n) is 3.95. The summed E-state index contributed by atoms with van der Waals surface area (Å²) in [6, 6.07) is 12.5. The van der Waals surface area contributed by atoms with E-state index in [4.69, 9.17) is 0 Å². The second-order valence-electron chi connectivity index (χ2n) is 6.31. The number of ketones is 1. The van der Waals surface area contributed by atoms with E-state index in [1.807, 2.05) is 31.5 Å². The number of aromatic nitrogens is 1. The van der Waals surface area contributed by atoms with E-state index in [1.54, 1.807) is 18.3 Å². The molecule has 1 unspecified atom stereocenters. The normalized spacial score (nSPS) is 11.3. The number of allylic oxidation sites excluding steroid dienone is 1. The third kappa shape index (κ3) is 6.12. The fourth-order valence-electron chi connectivity index (χ4n) is 2.66. The molecule has 1 N–H and O–H groups in total. The molecule has 2 aromatic heterocycles. The van der Waals surface area contributed by atoms with Crippen molar-refractivity contribution in [3.05, 3.63) is 77.6 Å². The molecule has 4 heteroatoms. The van der Waals surface area contributed by atoms with Crippen LogP contribution in [0.15, 0.2) is 66.4 Å². The molecule has 26 heavy (non-hydrogen) atoms. The number of hydrogen-bond acceptors (Lipinski definition) is 4. The highest BCUT2D eigenvalue weighted by atomic mass is 32.1. The molecule has 1 atom stereocenters. The highest BCUT2D eigenvalue weighted by molar-refractivity contribution is 7.17. The smallest absolute Gasteiger partial charge is 0.132 e. The summed E-state index contributed by atoms with van der Waals surface area (Å²) in [5.41, 5.74) is 3.37. The molecule has 0 aliphatic rings. The lowest BCUT2D eigenvalue weighted by atomic mass is 10.0. The van der Waals surface area contributed by atoms with Crippen molar-refractivity contribution in [1.29, 1.82) is 0 Å². The van der Waals surface area contributed by atoms with E-state index in [2.05, 4.69) is 53.4 Å². The summed E-state index contributed by atoms with van der Waals surface area (Å²) in [5, 5.41) is 6.59. The van der Waals surface area contributed by atoms with Crippen molar-refractivity contribution in [1.82, 2.24) is 10.3 Å². The molecule has 0 saturated heterocycles. The Balaban J connectivity index is 0.000000254. The van der Waals surface area contributed by atoms with Crippen LogP contribution in [0.2, 0.25) is 0 Å². The predicted molar refractivity (Wildman–Crippen MR) is 111 cm³/mol. The Kier molecular flexibility index (Phi) is 7.54. The predicted octanol–water partition coefficient (Wildman–Crippen LogP) is 5.69. The molecule has 3 nitrogen and oxygen atoms in total. The zero-order valence-corrected chi connectivity index (χ0v) is 16.5.